The van der Waals surface area contributed by atoms with E-state index in [-0.39, 0.29) is 6.04 Å². The average molecular weight is 286 g/mol. The molecule has 2 heterocycles. The number of imidazole rings is 1. The van der Waals surface area contributed by atoms with Gasteiger partial charge in [-0.2, -0.15) is 0 Å². The normalized spacial score (nSPS) is 17.1. The summed E-state index contributed by atoms with van der Waals surface area (Å²) in [6, 6.07) is 13.6. The maximum absolute atomic E-state index is 6.09. The summed E-state index contributed by atoms with van der Waals surface area (Å²) >= 11 is 6.09. The van der Waals surface area contributed by atoms with Gasteiger partial charge in [-0.3, -0.25) is 4.57 Å². The van der Waals surface area contributed by atoms with Crippen molar-refractivity contribution in [1.29, 1.82) is 0 Å². The number of nitrogens with two attached hydrogens (primary N) is 1. The van der Waals surface area contributed by atoms with Gasteiger partial charge in [0, 0.05) is 10.6 Å². The van der Waals surface area contributed by atoms with E-state index >= 15 is 0 Å². The lowest BCUT2D eigenvalue weighted by Crippen LogP contribution is -2.14. The molecule has 0 spiro atoms. The van der Waals surface area contributed by atoms with Crippen molar-refractivity contribution >= 4 is 28.6 Å². The number of rotatable bonds is 1. The molecule has 0 fully saturated rings. The fourth-order valence-corrected chi connectivity index (χ4v) is 2.94. The van der Waals surface area contributed by atoms with E-state index in [9.17, 15) is 0 Å². The number of ether oxygens (including phenoxy) is 1. The lowest BCUT2D eigenvalue weighted by Gasteiger charge is -2.14. The monoisotopic (exact) mass is 285 g/mol. The molecule has 5 heteroatoms. The lowest BCUT2D eigenvalue weighted by atomic mass is 10.1. The number of hydrogen-bond acceptors (Lipinski definition) is 3. The number of nitrogen functional groups attached to an aromatic ring is 1. The van der Waals surface area contributed by atoms with Crippen molar-refractivity contribution in [3.63, 3.8) is 0 Å². The van der Waals surface area contributed by atoms with Gasteiger partial charge in [0.15, 0.2) is 0 Å². The van der Waals surface area contributed by atoms with Crippen LogP contribution in [0, 0.1) is 0 Å². The predicted octanol–water partition coefficient (Wildman–Crippen LogP) is 3.25. The number of hydrogen-bond donors (Lipinski definition) is 1. The van der Waals surface area contributed by atoms with Crippen molar-refractivity contribution in [1.82, 2.24) is 9.55 Å². The first kappa shape index (κ1) is 11.6. The third-order valence-corrected chi connectivity index (χ3v) is 3.90. The highest BCUT2D eigenvalue weighted by atomic mass is 35.5. The van der Waals surface area contributed by atoms with Gasteiger partial charge >= 0.3 is 0 Å². The number of anilines is 1. The summed E-state index contributed by atoms with van der Waals surface area (Å²) in [4.78, 5) is 4.40. The second kappa shape index (κ2) is 4.15. The van der Waals surface area contributed by atoms with Crippen molar-refractivity contribution in [2.75, 3.05) is 12.3 Å². The molecule has 1 atom stereocenters. The van der Waals surface area contributed by atoms with Crippen LogP contribution < -0.4 is 10.5 Å². The fraction of sp³-hybridized carbons (Fsp3) is 0.133. The van der Waals surface area contributed by atoms with Gasteiger partial charge in [0.25, 0.3) is 0 Å². The molecule has 2 N–H and O–H groups in total. The summed E-state index contributed by atoms with van der Waals surface area (Å²) in [6.45, 7) is 0.557. The van der Waals surface area contributed by atoms with Crippen molar-refractivity contribution in [3.8, 4) is 5.75 Å². The van der Waals surface area contributed by atoms with Crippen molar-refractivity contribution < 1.29 is 4.74 Å². The van der Waals surface area contributed by atoms with E-state index < -0.39 is 0 Å². The summed E-state index contributed by atoms with van der Waals surface area (Å²) in [7, 11) is 0. The average Bonchev–Trinajstić information content (AvgIpc) is 2.99. The van der Waals surface area contributed by atoms with Gasteiger partial charge in [-0.15, -0.1) is 0 Å². The molecule has 1 aliphatic heterocycles. The van der Waals surface area contributed by atoms with E-state index in [2.05, 4.69) is 11.1 Å². The molecular weight excluding hydrogens is 274 g/mol. The highest BCUT2D eigenvalue weighted by Crippen LogP contribution is 2.38. The fourth-order valence-electron chi connectivity index (χ4n) is 2.77. The molecule has 1 unspecified atom stereocenters. The number of para-hydroxylation sites is 1. The quantitative estimate of drug-likeness (QED) is 0.747. The Balaban J connectivity index is 1.95. The summed E-state index contributed by atoms with van der Waals surface area (Å²) < 4.78 is 7.72. The largest absolute Gasteiger partial charge is 0.491 e. The molecule has 1 aromatic heterocycles. The van der Waals surface area contributed by atoms with Gasteiger partial charge in [-0.25, -0.2) is 4.98 Å². The molecule has 4 rings (SSSR count). The highest BCUT2D eigenvalue weighted by molar-refractivity contribution is 6.31. The van der Waals surface area contributed by atoms with Gasteiger partial charge in [0.05, 0.1) is 17.1 Å². The summed E-state index contributed by atoms with van der Waals surface area (Å²) in [5, 5.41) is 0.672. The Morgan fingerprint density at radius 2 is 2.10 bits per heavy atom. The van der Waals surface area contributed by atoms with E-state index in [4.69, 9.17) is 22.1 Å². The molecule has 0 bridgehead atoms. The summed E-state index contributed by atoms with van der Waals surface area (Å²) in [5.41, 5.74) is 8.99. The Kier molecular flexibility index (Phi) is 2.41. The summed E-state index contributed by atoms with van der Waals surface area (Å²) in [5.74, 6) is 1.38. The SMILES string of the molecule is Nc1nc2ccc(Cl)cc2n1C1COc2ccccc21. The van der Waals surface area contributed by atoms with Gasteiger partial charge < -0.3 is 10.5 Å². The molecule has 3 aromatic rings. The van der Waals surface area contributed by atoms with E-state index in [1.165, 1.54) is 0 Å². The number of nitrogens with zero attached hydrogens (tertiary/aromatic N) is 2. The predicted molar refractivity (Wildman–Crippen MR) is 79.2 cm³/mol. The zero-order valence-corrected chi connectivity index (χ0v) is 11.3. The van der Waals surface area contributed by atoms with Gasteiger partial charge in [0.1, 0.15) is 12.4 Å². The molecular formula is C15H12ClN3O. The lowest BCUT2D eigenvalue weighted by molar-refractivity contribution is 0.320. The molecule has 0 radical (unpaired) electrons. The maximum atomic E-state index is 6.09. The molecule has 0 saturated heterocycles. The Morgan fingerprint density at radius 1 is 1.25 bits per heavy atom. The van der Waals surface area contributed by atoms with Gasteiger partial charge in [-0.1, -0.05) is 29.8 Å². The van der Waals surface area contributed by atoms with Crippen molar-refractivity contribution in [2.45, 2.75) is 6.04 Å². The van der Waals surface area contributed by atoms with Crippen LogP contribution in [0.3, 0.4) is 0 Å². The minimum Gasteiger partial charge on any atom is -0.491 e. The standard InChI is InChI=1S/C15H12ClN3O/c16-9-5-6-11-12(7-9)19(15(17)18-11)13-8-20-14-4-2-1-3-10(13)14/h1-7,13H,8H2,(H2,17,18). The van der Waals surface area contributed by atoms with E-state index in [0.29, 0.717) is 17.6 Å². The zero-order chi connectivity index (χ0) is 13.7. The van der Waals surface area contributed by atoms with Crippen LogP contribution in [0.5, 0.6) is 5.75 Å². The topological polar surface area (TPSA) is 53.1 Å². The molecule has 0 saturated carbocycles. The molecule has 4 nitrogen and oxygen atoms in total. The minimum atomic E-state index is 0.0367. The number of halogens is 1. The Morgan fingerprint density at radius 3 is 3.00 bits per heavy atom. The van der Waals surface area contributed by atoms with Gasteiger partial charge in [-0.05, 0) is 24.3 Å². The van der Waals surface area contributed by atoms with Crippen LogP contribution in [-0.2, 0) is 0 Å². The molecule has 2 aromatic carbocycles. The maximum Gasteiger partial charge on any atom is 0.201 e. The van der Waals surface area contributed by atoms with Crippen molar-refractivity contribution in [3.05, 3.63) is 53.1 Å². The number of benzene rings is 2. The Hall–Kier alpha value is -2.20. The third-order valence-electron chi connectivity index (χ3n) is 3.67. The Bertz CT molecular complexity index is 812. The van der Waals surface area contributed by atoms with Crippen LogP contribution in [0.15, 0.2) is 42.5 Å². The van der Waals surface area contributed by atoms with Gasteiger partial charge in [0.2, 0.25) is 5.95 Å². The smallest absolute Gasteiger partial charge is 0.201 e. The van der Waals surface area contributed by atoms with Crippen LogP contribution in [-0.4, -0.2) is 16.2 Å². The van der Waals surface area contributed by atoms with Crippen LogP contribution in [0.2, 0.25) is 5.02 Å². The second-order valence-corrected chi connectivity index (χ2v) is 5.27. The number of fused-ring (bicyclic) bond motifs is 2. The molecule has 0 amide bonds. The first-order valence-corrected chi connectivity index (χ1v) is 6.76. The molecule has 0 aliphatic carbocycles. The zero-order valence-electron chi connectivity index (χ0n) is 10.6. The van der Waals surface area contributed by atoms with Crippen molar-refractivity contribution in [2.24, 2.45) is 0 Å². The minimum absolute atomic E-state index is 0.0367. The van der Waals surface area contributed by atoms with Crippen LogP contribution in [0.1, 0.15) is 11.6 Å². The third kappa shape index (κ3) is 1.58. The first-order valence-electron chi connectivity index (χ1n) is 6.39. The van der Waals surface area contributed by atoms with Crippen LogP contribution >= 0.6 is 11.6 Å². The molecule has 1 aliphatic rings. The van der Waals surface area contributed by atoms with Crippen LogP contribution in [0.25, 0.3) is 11.0 Å². The van der Waals surface area contributed by atoms with E-state index in [0.717, 1.165) is 22.3 Å². The summed E-state index contributed by atoms with van der Waals surface area (Å²) in [6.07, 6.45) is 0. The Labute approximate surface area is 120 Å². The molecule has 100 valence electrons. The molecule has 20 heavy (non-hydrogen) atoms. The second-order valence-electron chi connectivity index (χ2n) is 4.84. The highest BCUT2D eigenvalue weighted by Gasteiger charge is 2.28. The van der Waals surface area contributed by atoms with Crippen LogP contribution in [0.4, 0.5) is 5.95 Å². The first-order chi connectivity index (χ1) is 9.74. The van der Waals surface area contributed by atoms with E-state index in [1.54, 1.807) is 0 Å². The van der Waals surface area contributed by atoms with E-state index in [1.807, 2.05) is 41.0 Å². The number of aromatic nitrogens is 2.